The number of amides is 4. The summed E-state index contributed by atoms with van der Waals surface area (Å²) in [4.78, 5) is 60.4. The SMILES string of the molecule is CC[C@H](C)[C@@H]([C@@H](CC(=O)N1CCC[C@H]1[C@H](OC)[C@@H](C)C(=O)N[C@H](C)[C@@H](O)c1ccccc1)OC)N(C)C(=O)[C@@H](NC(=O)C(C)(C)N(C)C)C(C)CN. The molecule has 1 heterocycles. The number of likely N-dealkylation sites (N-methyl/N-ethyl adjacent to an activating group) is 2. The van der Waals surface area contributed by atoms with Gasteiger partial charge in [-0.05, 0) is 71.7 Å². The van der Waals surface area contributed by atoms with Crippen LogP contribution < -0.4 is 16.4 Å². The van der Waals surface area contributed by atoms with Crippen LogP contribution in [-0.4, -0.2) is 134 Å². The molecule has 10 atom stereocenters. The van der Waals surface area contributed by atoms with E-state index in [0.29, 0.717) is 18.5 Å². The summed E-state index contributed by atoms with van der Waals surface area (Å²) in [6, 6.07) is 6.91. The number of likely N-dealkylation sites (tertiary alicyclic amines) is 1. The minimum atomic E-state index is -0.882. The van der Waals surface area contributed by atoms with E-state index >= 15 is 0 Å². The van der Waals surface area contributed by atoms with Gasteiger partial charge in [-0.1, -0.05) is 64.4 Å². The van der Waals surface area contributed by atoms with Gasteiger partial charge in [0.05, 0.1) is 54.3 Å². The van der Waals surface area contributed by atoms with E-state index in [1.165, 1.54) is 0 Å². The van der Waals surface area contributed by atoms with Gasteiger partial charge in [-0.15, -0.1) is 0 Å². The standard InChI is InChI=1S/C39H68N6O7/c1-13-24(2)33(44(10)37(49)32(25(3)23-40)42-38(50)39(6,7)43(8)9)30(51-11)22-31(46)45-21-17-20-29(45)35(52-12)26(4)36(48)41-27(5)34(47)28-18-15-14-16-19-28/h14-16,18-19,24-27,29-30,32-35,47H,13,17,20-23,40H2,1-12H3,(H,41,48)(H,42,50)/t24-,25?,26+,27+,29-,30+,32-,33-,34+,35+/m0/s1. The first-order valence-electron chi connectivity index (χ1n) is 18.7. The van der Waals surface area contributed by atoms with Gasteiger partial charge in [0.2, 0.25) is 23.6 Å². The van der Waals surface area contributed by atoms with Crippen LogP contribution in [0.3, 0.4) is 0 Å². The fourth-order valence-corrected chi connectivity index (χ4v) is 7.00. The van der Waals surface area contributed by atoms with Crippen molar-refractivity contribution in [3.05, 3.63) is 35.9 Å². The molecule has 1 aliphatic rings. The molecule has 0 saturated carbocycles. The van der Waals surface area contributed by atoms with Crippen LogP contribution in [0.15, 0.2) is 30.3 Å². The molecule has 0 radical (unpaired) electrons. The van der Waals surface area contributed by atoms with Crippen molar-refractivity contribution in [1.29, 1.82) is 0 Å². The van der Waals surface area contributed by atoms with Crippen molar-refractivity contribution in [3.63, 3.8) is 0 Å². The molecule has 1 aromatic carbocycles. The van der Waals surface area contributed by atoms with Crippen LogP contribution in [0.5, 0.6) is 0 Å². The Hall–Kier alpha value is -3.10. The molecular formula is C39H68N6O7. The Morgan fingerprint density at radius 3 is 2.13 bits per heavy atom. The average molecular weight is 733 g/mol. The highest BCUT2D eigenvalue weighted by Gasteiger charge is 2.44. The second-order valence-corrected chi connectivity index (χ2v) is 15.4. The normalized spacial score (nSPS) is 20.2. The molecule has 4 amide bonds. The molecule has 52 heavy (non-hydrogen) atoms. The Balaban J connectivity index is 2.27. The molecule has 0 aliphatic carbocycles. The van der Waals surface area contributed by atoms with Crippen LogP contribution in [0.1, 0.15) is 85.8 Å². The molecule has 0 spiro atoms. The van der Waals surface area contributed by atoms with Crippen molar-refractivity contribution in [2.75, 3.05) is 48.5 Å². The van der Waals surface area contributed by atoms with Gasteiger partial charge in [0, 0.05) is 27.8 Å². The predicted octanol–water partition coefficient (Wildman–Crippen LogP) is 2.56. The van der Waals surface area contributed by atoms with Crippen molar-refractivity contribution < 1.29 is 33.8 Å². The molecule has 1 aliphatic heterocycles. The Bertz CT molecular complexity index is 1300. The zero-order chi connectivity index (χ0) is 39.5. The second kappa shape index (κ2) is 20.4. The maximum Gasteiger partial charge on any atom is 0.245 e. The monoisotopic (exact) mass is 733 g/mol. The van der Waals surface area contributed by atoms with Crippen molar-refractivity contribution in [2.24, 2.45) is 23.5 Å². The minimum absolute atomic E-state index is 0.00801. The number of carbonyl (C=O) groups is 4. The third-order valence-electron chi connectivity index (χ3n) is 11.4. The van der Waals surface area contributed by atoms with Crippen molar-refractivity contribution in [3.8, 4) is 0 Å². The topological polar surface area (TPSA) is 167 Å². The van der Waals surface area contributed by atoms with Gasteiger partial charge >= 0.3 is 0 Å². The molecule has 13 nitrogen and oxygen atoms in total. The van der Waals surface area contributed by atoms with Crippen molar-refractivity contribution >= 4 is 23.6 Å². The molecule has 1 unspecified atom stereocenters. The van der Waals surface area contributed by atoms with Crippen LogP contribution in [-0.2, 0) is 28.7 Å². The van der Waals surface area contributed by atoms with Crippen LogP contribution in [0.4, 0.5) is 0 Å². The molecule has 1 fully saturated rings. The van der Waals surface area contributed by atoms with E-state index in [4.69, 9.17) is 15.2 Å². The molecule has 1 saturated heterocycles. The molecule has 5 N–H and O–H groups in total. The molecule has 1 aromatic rings. The molecule has 2 rings (SSSR count). The first kappa shape index (κ1) is 45.1. The number of ether oxygens (including phenoxy) is 2. The molecule has 13 heteroatoms. The lowest BCUT2D eigenvalue weighted by Crippen LogP contribution is -2.62. The van der Waals surface area contributed by atoms with Gasteiger partial charge in [0.1, 0.15) is 6.04 Å². The van der Waals surface area contributed by atoms with Gasteiger partial charge in [-0.2, -0.15) is 0 Å². The Kier molecular flexibility index (Phi) is 17.7. The highest BCUT2D eigenvalue weighted by molar-refractivity contribution is 5.92. The largest absolute Gasteiger partial charge is 0.386 e. The predicted molar refractivity (Wildman–Crippen MR) is 203 cm³/mol. The van der Waals surface area contributed by atoms with Gasteiger partial charge in [-0.3, -0.25) is 24.1 Å². The summed E-state index contributed by atoms with van der Waals surface area (Å²) in [7, 11) is 8.41. The number of aliphatic hydroxyl groups is 1. The zero-order valence-electron chi connectivity index (χ0n) is 33.7. The van der Waals surface area contributed by atoms with E-state index in [1.807, 2.05) is 65.2 Å². The number of nitrogens with zero attached hydrogens (tertiary/aromatic N) is 3. The summed E-state index contributed by atoms with van der Waals surface area (Å²) in [6.07, 6.45) is 0.0202. The lowest BCUT2D eigenvalue weighted by atomic mass is 9.89. The van der Waals surface area contributed by atoms with E-state index in [0.717, 1.165) is 12.8 Å². The van der Waals surface area contributed by atoms with E-state index in [2.05, 4.69) is 10.6 Å². The fraction of sp³-hybridized carbons (Fsp3) is 0.744. The maximum absolute atomic E-state index is 14.2. The number of benzene rings is 1. The minimum Gasteiger partial charge on any atom is -0.386 e. The zero-order valence-corrected chi connectivity index (χ0v) is 33.7. The van der Waals surface area contributed by atoms with Gasteiger partial charge in [0.15, 0.2) is 0 Å². The van der Waals surface area contributed by atoms with E-state index in [-0.39, 0.29) is 54.5 Å². The van der Waals surface area contributed by atoms with Gasteiger partial charge in [0.25, 0.3) is 0 Å². The number of hydrogen-bond acceptors (Lipinski definition) is 9. The lowest BCUT2D eigenvalue weighted by Gasteiger charge is -2.41. The van der Waals surface area contributed by atoms with E-state index < -0.39 is 47.9 Å². The fourth-order valence-electron chi connectivity index (χ4n) is 7.00. The Labute approximate surface area is 312 Å². The van der Waals surface area contributed by atoms with Crippen molar-refractivity contribution in [1.82, 2.24) is 25.3 Å². The van der Waals surface area contributed by atoms with Crippen LogP contribution in [0, 0.1) is 17.8 Å². The highest BCUT2D eigenvalue weighted by Crippen LogP contribution is 2.30. The quantitative estimate of drug-likeness (QED) is 0.158. The third-order valence-corrected chi connectivity index (χ3v) is 11.4. The third kappa shape index (κ3) is 11.0. The number of methoxy groups -OCH3 is 2. The number of aliphatic hydroxyl groups excluding tert-OH is 1. The number of nitrogens with one attached hydrogen (secondary N) is 2. The molecule has 296 valence electrons. The number of rotatable bonds is 20. The van der Waals surface area contributed by atoms with Gasteiger partial charge in [-0.25, -0.2) is 0 Å². The van der Waals surface area contributed by atoms with Gasteiger partial charge < -0.3 is 40.7 Å². The Morgan fingerprint density at radius 1 is 1.00 bits per heavy atom. The van der Waals surface area contributed by atoms with Crippen LogP contribution in [0.2, 0.25) is 0 Å². The first-order chi connectivity index (χ1) is 24.4. The van der Waals surface area contributed by atoms with Crippen LogP contribution >= 0.6 is 0 Å². The number of carbonyl (C=O) groups excluding carboxylic acids is 4. The Morgan fingerprint density at radius 2 is 1.62 bits per heavy atom. The molecule has 0 bridgehead atoms. The smallest absolute Gasteiger partial charge is 0.245 e. The van der Waals surface area contributed by atoms with Crippen LogP contribution in [0.25, 0.3) is 0 Å². The van der Waals surface area contributed by atoms with E-state index in [1.54, 1.807) is 63.7 Å². The highest BCUT2D eigenvalue weighted by atomic mass is 16.5. The second-order valence-electron chi connectivity index (χ2n) is 15.4. The summed E-state index contributed by atoms with van der Waals surface area (Å²) >= 11 is 0. The first-order valence-corrected chi connectivity index (χ1v) is 18.7. The maximum atomic E-state index is 14.2. The number of nitrogens with two attached hydrogens (primary N) is 1. The summed E-state index contributed by atoms with van der Waals surface area (Å²) in [5, 5.41) is 16.7. The molecular weight excluding hydrogens is 664 g/mol. The summed E-state index contributed by atoms with van der Waals surface area (Å²) in [5.74, 6) is -2.03. The molecule has 0 aromatic heterocycles. The summed E-state index contributed by atoms with van der Waals surface area (Å²) in [5.41, 5.74) is 5.87. The average Bonchev–Trinajstić information content (AvgIpc) is 3.62. The van der Waals surface area contributed by atoms with E-state index in [9.17, 15) is 24.3 Å². The summed E-state index contributed by atoms with van der Waals surface area (Å²) in [6.45, 7) is 13.7. The number of hydrogen-bond donors (Lipinski definition) is 4. The lowest BCUT2D eigenvalue weighted by molar-refractivity contribution is -0.148. The summed E-state index contributed by atoms with van der Waals surface area (Å²) < 4.78 is 11.9. The van der Waals surface area contributed by atoms with Crippen molar-refractivity contribution in [2.45, 2.75) is 122 Å².